The van der Waals surface area contributed by atoms with Crippen molar-refractivity contribution >= 4 is 80.3 Å². The molecule has 0 amide bonds. The first kappa shape index (κ1) is 18.8. The van der Waals surface area contributed by atoms with Crippen molar-refractivity contribution in [1.29, 1.82) is 0 Å². The Morgan fingerprint density at radius 3 is 2.17 bits per heavy atom. The molecule has 0 spiro atoms. The Balaban J connectivity index is -0.000000270. The van der Waals surface area contributed by atoms with E-state index in [4.69, 9.17) is 5.11 Å². The van der Waals surface area contributed by atoms with E-state index in [2.05, 4.69) is 6.58 Å². The van der Waals surface area contributed by atoms with Crippen LogP contribution >= 0.6 is 13.5 Å². The fourth-order valence-corrected chi connectivity index (χ4v) is 0.666. The molecular formula is C7H12CaMgO2S. The summed E-state index contributed by atoms with van der Waals surface area (Å²) < 4.78 is 0. The normalized spacial score (nSPS) is 12.0. The van der Waals surface area contributed by atoms with E-state index >= 15 is 0 Å². The summed E-state index contributed by atoms with van der Waals surface area (Å²) in [6, 6.07) is 0. The van der Waals surface area contributed by atoms with Gasteiger partial charge in [-0.3, -0.25) is 0 Å². The van der Waals surface area contributed by atoms with Gasteiger partial charge in [-0.2, -0.15) is 13.5 Å². The van der Waals surface area contributed by atoms with Crippen molar-refractivity contribution in [2.75, 3.05) is 0 Å². The van der Waals surface area contributed by atoms with Crippen LogP contribution in [0.1, 0.15) is 0 Å². The molecule has 0 aromatic rings. The number of hydrogen-bond acceptors (Lipinski definition) is 1. The van der Waals surface area contributed by atoms with Gasteiger partial charge in [-0.1, -0.05) is 18.7 Å². The average molecular weight is 225 g/mol. The van der Waals surface area contributed by atoms with Crippen molar-refractivity contribution in [3.05, 3.63) is 36.0 Å². The summed E-state index contributed by atoms with van der Waals surface area (Å²) in [7, 11) is 0. The zero-order valence-electron chi connectivity index (χ0n) is 5.29. The van der Waals surface area contributed by atoms with E-state index in [1.54, 1.807) is 12.2 Å². The Hall–Kier alpha value is 1.07. The average Bonchev–Trinajstić information content (AvgIpc) is 2.13. The van der Waals surface area contributed by atoms with Gasteiger partial charge in [0.15, 0.2) is 0 Å². The molecule has 0 heterocycles. The molecule has 0 atom stereocenters. The van der Waals surface area contributed by atoms with Crippen LogP contribution in [0.5, 0.6) is 0 Å². The number of rotatable bonds is 1. The molecule has 0 saturated heterocycles. The van der Waals surface area contributed by atoms with E-state index in [0.717, 1.165) is 0 Å². The van der Waals surface area contributed by atoms with E-state index in [1.165, 1.54) is 6.08 Å². The van der Waals surface area contributed by atoms with Crippen molar-refractivity contribution in [3.8, 4) is 0 Å². The second kappa shape index (κ2) is 8.65. The summed E-state index contributed by atoms with van der Waals surface area (Å²) in [5, 5.41) is 8.41. The molecule has 0 aromatic carbocycles. The topological polar surface area (TPSA) is 37.3 Å². The number of aliphatic carboxylic acids is 1. The molecule has 0 saturated carbocycles. The maximum absolute atomic E-state index is 10.2. The van der Waals surface area contributed by atoms with Crippen LogP contribution in [0.2, 0.25) is 0 Å². The predicted octanol–water partition coefficient (Wildman–Crippen LogP) is -0.596. The van der Waals surface area contributed by atoms with Gasteiger partial charge in [0.25, 0.3) is 0 Å². The molecule has 0 unspecified atom stereocenters. The molecule has 62 valence electrons. The zero-order valence-corrected chi connectivity index (χ0v) is 6.29. The quantitative estimate of drug-likeness (QED) is 0.605. The predicted molar refractivity (Wildman–Crippen MR) is 61.5 cm³/mol. The van der Waals surface area contributed by atoms with Crippen LogP contribution in [0.15, 0.2) is 36.0 Å². The van der Waals surface area contributed by atoms with Crippen molar-refractivity contribution in [1.82, 2.24) is 0 Å². The molecule has 0 radical (unpaired) electrons. The largest absolute Gasteiger partial charge is 0.316 e. The maximum atomic E-state index is 10.2. The SMILES string of the molecule is C=C1C=CC=C1C(=O)O.S.[CaH2].[MgH2]. The second-order valence-corrected chi connectivity index (χ2v) is 1.77. The minimum absolute atomic E-state index is 0. The number of hydrogen-bond donors (Lipinski definition) is 1. The van der Waals surface area contributed by atoms with E-state index in [0.29, 0.717) is 5.57 Å². The number of carbonyl (C=O) groups is 1. The van der Waals surface area contributed by atoms with E-state index < -0.39 is 5.97 Å². The third kappa shape index (κ3) is 4.94. The third-order valence-electron chi connectivity index (χ3n) is 1.14. The van der Waals surface area contributed by atoms with Crippen LogP contribution in [0, 0.1) is 0 Å². The van der Waals surface area contributed by atoms with E-state index in [1.807, 2.05) is 0 Å². The fraction of sp³-hybridized carbons (Fsp3) is 0. The first-order chi connectivity index (χ1) is 4.22. The maximum Gasteiger partial charge on any atom is 0.316 e. The molecule has 0 aromatic heterocycles. The van der Waals surface area contributed by atoms with Crippen LogP contribution in [0.3, 0.4) is 0 Å². The number of allylic oxidation sites excluding steroid dienone is 3. The summed E-state index contributed by atoms with van der Waals surface area (Å²) in [5.74, 6) is -0.912. The van der Waals surface area contributed by atoms with Crippen LogP contribution in [0.4, 0.5) is 0 Å². The molecule has 1 aliphatic rings. The van der Waals surface area contributed by atoms with Gasteiger partial charge in [-0.25, -0.2) is 4.79 Å². The molecule has 5 heteroatoms. The number of carboxylic acid groups (broad SMARTS) is 1. The Labute approximate surface area is 124 Å². The first-order valence-electron chi connectivity index (χ1n) is 2.53. The summed E-state index contributed by atoms with van der Waals surface area (Å²) in [5.41, 5.74) is 0.859. The van der Waals surface area contributed by atoms with Gasteiger partial charge in [0, 0.05) is 0 Å². The Kier molecular flexibility index (Phi) is 13.5. The van der Waals surface area contributed by atoms with Gasteiger partial charge >= 0.3 is 66.8 Å². The number of carboxylic acids is 1. The van der Waals surface area contributed by atoms with Gasteiger partial charge < -0.3 is 5.11 Å². The molecule has 1 rings (SSSR count). The Morgan fingerprint density at radius 2 is 2.00 bits per heavy atom. The van der Waals surface area contributed by atoms with Crippen molar-refractivity contribution in [3.63, 3.8) is 0 Å². The van der Waals surface area contributed by atoms with Gasteiger partial charge in [0.2, 0.25) is 0 Å². The molecule has 12 heavy (non-hydrogen) atoms. The minimum Gasteiger partial charge on any atom is 0.316 e. The summed E-state index contributed by atoms with van der Waals surface area (Å²) >= 11 is 0. The third-order valence-corrected chi connectivity index (χ3v) is 1.14. The summed E-state index contributed by atoms with van der Waals surface area (Å²) in [6.07, 6.45) is 4.87. The Bertz CT molecular complexity index is 236. The molecule has 1 N–H and O–H groups in total. The molecule has 0 fully saturated rings. The van der Waals surface area contributed by atoms with Crippen molar-refractivity contribution in [2.45, 2.75) is 0 Å². The van der Waals surface area contributed by atoms with Crippen LogP contribution in [-0.4, -0.2) is 71.9 Å². The van der Waals surface area contributed by atoms with Gasteiger partial charge in [0.05, 0.1) is 5.57 Å². The molecular weight excluding hydrogens is 213 g/mol. The fourth-order valence-electron chi connectivity index (χ4n) is 0.666. The molecule has 0 aliphatic heterocycles. The van der Waals surface area contributed by atoms with Crippen molar-refractivity contribution in [2.24, 2.45) is 0 Å². The summed E-state index contributed by atoms with van der Waals surface area (Å²) in [4.78, 5) is 10.2. The first-order valence-corrected chi connectivity index (χ1v) is 2.53. The molecule has 0 bridgehead atoms. The monoisotopic (exact) mass is 224 g/mol. The van der Waals surface area contributed by atoms with Gasteiger partial charge in [0.1, 0.15) is 0 Å². The minimum atomic E-state index is -0.912. The molecule has 2 nitrogen and oxygen atoms in total. The zero-order chi connectivity index (χ0) is 6.85. The molecule has 1 aliphatic carbocycles. The van der Waals surface area contributed by atoms with Gasteiger partial charge in [-0.05, 0) is 11.6 Å². The van der Waals surface area contributed by atoms with E-state index in [9.17, 15) is 4.79 Å². The van der Waals surface area contributed by atoms with Crippen molar-refractivity contribution < 1.29 is 9.90 Å². The van der Waals surface area contributed by atoms with Crippen LogP contribution < -0.4 is 0 Å². The van der Waals surface area contributed by atoms with Crippen LogP contribution in [0.25, 0.3) is 0 Å². The van der Waals surface area contributed by atoms with Crippen LogP contribution in [-0.2, 0) is 4.79 Å². The standard InChI is InChI=1S/C7H6O2.Ca.Mg.H2S.4H/c1-5-3-2-4-6(5)7(8)9;;;;;;;/h2-4H,1H2,(H,8,9);;;1H2;;;;. The Morgan fingerprint density at radius 1 is 1.50 bits per heavy atom. The van der Waals surface area contributed by atoms with Gasteiger partial charge in [-0.15, -0.1) is 0 Å². The summed E-state index contributed by atoms with van der Waals surface area (Å²) in [6.45, 7) is 3.52. The second-order valence-electron chi connectivity index (χ2n) is 1.77. The smallest absolute Gasteiger partial charge is 0.316 e. The van der Waals surface area contributed by atoms with E-state index in [-0.39, 0.29) is 79.9 Å².